The fourth-order valence-corrected chi connectivity index (χ4v) is 2.50. The van der Waals surface area contributed by atoms with Crippen LogP contribution in [0.3, 0.4) is 0 Å². The van der Waals surface area contributed by atoms with Crippen molar-refractivity contribution in [1.82, 2.24) is 15.5 Å². The molecule has 0 bridgehead atoms. The molecule has 1 aliphatic rings. The van der Waals surface area contributed by atoms with E-state index in [1.165, 1.54) is 38.6 Å². The SMILES string of the molecule is CN=C(NCCN1CCCCC1)NCC(C)(C)S(C)(=O)=O. The standard InChI is InChI=1S/C14H30N4O2S/c1-14(2,21(4,19)20)12-17-13(15-3)16-8-11-18-9-6-5-7-10-18/h5-12H2,1-4H3,(H2,15,16,17). The Hall–Kier alpha value is -0.820. The lowest BCUT2D eigenvalue weighted by Crippen LogP contribution is -2.49. The fourth-order valence-electron chi connectivity index (χ4n) is 2.16. The second-order valence-corrected chi connectivity index (χ2v) is 8.94. The summed E-state index contributed by atoms with van der Waals surface area (Å²) in [4.78, 5) is 6.59. The van der Waals surface area contributed by atoms with E-state index in [1.54, 1.807) is 20.9 Å². The Kier molecular flexibility index (Phi) is 6.93. The van der Waals surface area contributed by atoms with Crippen LogP contribution in [0.25, 0.3) is 0 Å². The van der Waals surface area contributed by atoms with Gasteiger partial charge in [-0.25, -0.2) is 8.42 Å². The third-order valence-electron chi connectivity index (χ3n) is 4.08. The van der Waals surface area contributed by atoms with Crippen molar-refractivity contribution >= 4 is 15.8 Å². The van der Waals surface area contributed by atoms with E-state index in [1.807, 2.05) is 0 Å². The second kappa shape index (κ2) is 7.98. The van der Waals surface area contributed by atoms with Gasteiger partial charge in [0.2, 0.25) is 0 Å². The van der Waals surface area contributed by atoms with Crippen LogP contribution in [0.15, 0.2) is 4.99 Å². The molecular formula is C14H30N4O2S. The number of hydrogen-bond acceptors (Lipinski definition) is 4. The third-order valence-corrected chi connectivity index (χ3v) is 6.23. The van der Waals surface area contributed by atoms with E-state index < -0.39 is 14.6 Å². The van der Waals surface area contributed by atoms with Crippen molar-refractivity contribution in [3.8, 4) is 0 Å². The van der Waals surface area contributed by atoms with Crippen molar-refractivity contribution < 1.29 is 8.42 Å². The number of hydrogen-bond donors (Lipinski definition) is 2. The van der Waals surface area contributed by atoms with E-state index in [-0.39, 0.29) is 0 Å². The quantitative estimate of drug-likeness (QED) is 0.550. The monoisotopic (exact) mass is 318 g/mol. The van der Waals surface area contributed by atoms with E-state index in [2.05, 4.69) is 20.5 Å². The van der Waals surface area contributed by atoms with Gasteiger partial charge in [-0.05, 0) is 39.8 Å². The zero-order chi connectivity index (χ0) is 15.9. The number of guanidine groups is 1. The first-order valence-corrected chi connectivity index (χ1v) is 9.52. The molecule has 1 rings (SSSR count). The van der Waals surface area contributed by atoms with Gasteiger partial charge >= 0.3 is 0 Å². The Balaban J connectivity index is 2.32. The smallest absolute Gasteiger partial charge is 0.191 e. The second-order valence-electron chi connectivity index (χ2n) is 6.29. The predicted octanol–water partition coefficient (Wildman–Crippen LogP) is 0.461. The molecule has 2 N–H and O–H groups in total. The molecule has 0 saturated carbocycles. The Morgan fingerprint density at radius 2 is 1.81 bits per heavy atom. The summed E-state index contributed by atoms with van der Waals surface area (Å²) in [6, 6.07) is 0. The van der Waals surface area contributed by atoms with Crippen molar-refractivity contribution in [1.29, 1.82) is 0 Å². The van der Waals surface area contributed by atoms with Crippen LogP contribution in [0.1, 0.15) is 33.1 Å². The summed E-state index contributed by atoms with van der Waals surface area (Å²) >= 11 is 0. The summed E-state index contributed by atoms with van der Waals surface area (Å²) in [5.41, 5.74) is 0. The molecular weight excluding hydrogens is 288 g/mol. The van der Waals surface area contributed by atoms with Crippen LogP contribution in [0.4, 0.5) is 0 Å². The van der Waals surface area contributed by atoms with Gasteiger partial charge in [-0.3, -0.25) is 4.99 Å². The molecule has 1 fully saturated rings. The van der Waals surface area contributed by atoms with Gasteiger partial charge in [0.05, 0.1) is 4.75 Å². The highest BCUT2D eigenvalue weighted by Gasteiger charge is 2.30. The molecule has 0 unspecified atom stereocenters. The molecule has 21 heavy (non-hydrogen) atoms. The van der Waals surface area contributed by atoms with Crippen molar-refractivity contribution in [2.75, 3.05) is 46.0 Å². The van der Waals surface area contributed by atoms with Crippen LogP contribution < -0.4 is 10.6 Å². The summed E-state index contributed by atoms with van der Waals surface area (Å²) < 4.78 is 22.5. The van der Waals surface area contributed by atoms with Gasteiger partial charge in [-0.1, -0.05) is 6.42 Å². The molecule has 0 amide bonds. The average Bonchev–Trinajstić information content (AvgIpc) is 2.42. The topological polar surface area (TPSA) is 73.8 Å². The highest BCUT2D eigenvalue weighted by molar-refractivity contribution is 7.92. The van der Waals surface area contributed by atoms with E-state index in [0.717, 1.165) is 13.1 Å². The molecule has 0 radical (unpaired) electrons. The van der Waals surface area contributed by atoms with Crippen molar-refractivity contribution in [3.05, 3.63) is 0 Å². The molecule has 0 aromatic heterocycles. The predicted molar refractivity (Wildman–Crippen MR) is 88.6 cm³/mol. The van der Waals surface area contributed by atoms with Gasteiger partial charge in [-0.2, -0.15) is 0 Å². The lowest BCUT2D eigenvalue weighted by atomic mass is 10.1. The minimum atomic E-state index is -3.10. The maximum atomic E-state index is 11.7. The van der Waals surface area contributed by atoms with Crippen molar-refractivity contribution in [2.24, 2.45) is 4.99 Å². The van der Waals surface area contributed by atoms with E-state index in [9.17, 15) is 8.42 Å². The van der Waals surface area contributed by atoms with Crippen LogP contribution in [0.5, 0.6) is 0 Å². The molecule has 124 valence electrons. The maximum absolute atomic E-state index is 11.7. The first-order valence-electron chi connectivity index (χ1n) is 7.63. The number of aliphatic imine (C=N–C) groups is 1. The summed E-state index contributed by atoms with van der Waals surface area (Å²) in [7, 11) is -1.40. The van der Waals surface area contributed by atoms with Gasteiger partial charge < -0.3 is 15.5 Å². The van der Waals surface area contributed by atoms with Gasteiger partial charge in [0.15, 0.2) is 15.8 Å². The first kappa shape index (κ1) is 18.2. The minimum absolute atomic E-state index is 0.342. The summed E-state index contributed by atoms with van der Waals surface area (Å²) in [6.07, 6.45) is 5.18. The van der Waals surface area contributed by atoms with Crippen molar-refractivity contribution in [3.63, 3.8) is 0 Å². The Morgan fingerprint density at radius 3 is 2.33 bits per heavy atom. The molecule has 0 aromatic carbocycles. The van der Waals surface area contributed by atoms with Crippen LogP contribution in [0, 0.1) is 0 Å². The molecule has 0 aliphatic carbocycles. The minimum Gasteiger partial charge on any atom is -0.355 e. The lowest BCUT2D eigenvalue weighted by Gasteiger charge is -2.27. The number of sulfone groups is 1. The van der Waals surface area contributed by atoms with Crippen molar-refractivity contribution in [2.45, 2.75) is 37.9 Å². The van der Waals surface area contributed by atoms with Crippen LogP contribution >= 0.6 is 0 Å². The number of likely N-dealkylation sites (tertiary alicyclic amines) is 1. The van der Waals surface area contributed by atoms with Crippen LogP contribution in [0.2, 0.25) is 0 Å². The van der Waals surface area contributed by atoms with E-state index in [4.69, 9.17) is 0 Å². The molecule has 0 spiro atoms. The van der Waals surface area contributed by atoms with Gasteiger partial charge in [0, 0.05) is 32.9 Å². The zero-order valence-corrected chi connectivity index (χ0v) is 14.6. The molecule has 1 aliphatic heterocycles. The third kappa shape index (κ3) is 6.22. The van der Waals surface area contributed by atoms with Gasteiger partial charge in [0.1, 0.15) is 0 Å². The molecule has 0 atom stereocenters. The van der Waals surface area contributed by atoms with Gasteiger partial charge in [-0.15, -0.1) is 0 Å². The summed E-state index contributed by atoms with van der Waals surface area (Å²) in [5.74, 6) is 0.656. The fraction of sp³-hybridized carbons (Fsp3) is 0.929. The maximum Gasteiger partial charge on any atom is 0.191 e. The molecule has 1 heterocycles. The highest BCUT2D eigenvalue weighted by atomic mass is 32.2. The molecule has 6 nitrogen and oxygen atoms in total. The normalized spacial score (nSPS) is 18.6. The Bertz CT molecular complexity index is 440. The highest BCUT2D eigenvalue weighted by Crippen LogP contribution is 2.13. The summed E-state index contributed by atoms with van der Waals surface area (Å²) in [5, 5.41) is 6.34. The Morgan fingerprint density at radius 1 is 1.19 bits per heavy atom. The zero-order valence-electron chi connectivity index (χ0n) is 13.8. The van der Waals surface area contributed by atoms with E-state index >= 15 is 0 Å². The first-order chi connectivity index (χ1) is 9.76. The Labute approximate surface area is 129 Å². The molecule has 0 aromatic rings. The number of rotatable bonds is 6. The molecule has 7 heteroatoms. The number of piperidine rings is 1. The summed E-state index contributed by atoms with van der Waals surface area (Å²) in [6.45, 7) is 7.95. The van der Waals surface area contributed by atoms with E-state index in [0.29, 0.717) is 12.5 Å². The molecule has 1 saturated heterocycles. The number of nitrogens with zero attached hydrogens (tertiary/aromatic N) is 2. The van der Waals surface area contributed by atoms with Crippen LogP contribution in [-0.4, -0.2) is 70.1 Å². The largest absolute Gasteiger partial charge is 0.355 e. The van der Waals surface area contributed by atoms with Gasteiger partial charge in [0.25, 0.3) is 0 Å². The number of nitrogens with one attached hydrogen (secondary N) is 2. The average molecular weight is 318 g/mol. The van der Waals surface area contributed by atoms with Crippen LogP contribution in [-0.2, 0) is 9.84 Å². The lowest BCUT2D eigenvalue weighted by molar-refractivity contribution is 0.232.